The number of nitrogens with zero attached hydrogens (tertiary/aromatic N) is 3. The molecule has 1 aliphatic rings. The number of rotatable bonds is 5. The van der Waals surface area contributed by atoms with Crippen LogP contribution in [0.5, 0.6) is 0 Å². The standard InChI is InChI=1S/C28H23N3O/c1-32-26(22-14-6-2-7-15-22)28-30(24-18-10-4-11-19-24)27(23-16-8-3-9-17-23)29-31(28)25-20-12-5-13-21-25/h2-21H,1H3/b28-26-. The molecule has 5 rings (SSSR count). The second kappa shape index (κ2) is 8.82. The number of methoxy groups -OCH3 is 1. The van der Waals surface area contributed by atoms with Gasteiger partial charge >= 0.3 is 0 Å². The first kappa shape index (κ1) is 19.6. The van der Waals surface area contributed by atoms with Crippen LogP contribution in [-0.2, 0) is 4.74 Å². The molecule has 0 radical (unpaired) electrons. The molecule has 0 N–H and O–H groups in total. The highest BCUT2D eigenvalue weighted by Crippen LogP contribution is 2.38. The van der Waals surface area contributed by atoms with Gasteiger partial charge in [0.15, 0.2) is 17.4 Å². The summed E-state index contributed by atoms with van der Waals surface area (Å²) in [6.45, 7) is 0. The maximum atomic E-state index is 6.03. The first-order valence-electron chi connectivity index (χ1n) is 10.5. The minimum atomic E-state index is 0.744. The number of ether oxygens (including phenoxy) is 1. The van der Waals surface area contributed by atoms with Crippen LogP contribution in [0.25, 0.3) is 5.76 Å². The zero-order valence-corrected chi connectivity index (χ0v) is 17.8. The van der Waals surface area contributed by atoms with E-state index in [1.165, 1.54) is 0 Å². The lowest BCUT2D eigenvalue weighted by atomic mass is 10.1. The van der Waals surface area contributed by atoms with E-state index in [0.717, 1.165) is 39.9 Å². The summed E-state index contributed by atoms with van der Waals surface area (Å²) in [5.74, 6) is 2.42. The molecule has 1 heterocycles. The average Bonchev–Trinajstić information content (AvgIpc) is 3.27. The Labute approximate surface area is 188 Å². The smallest absolute Gasteiger partial charge is 0.184 e. The average molecular weight is 418 g/mol. The molecule has 4 nitrogen and oxygen atoms in total. The zero-order chi connectivity index (χ0) is 21.8. The van der Waals surface area contributed by atoms with Crippen molar-refractivity contribution in [1.82, 2.24) is 0 Å². The fourth-order valence-corrected chi connectivity index (χ4v) is 3.85. The normalized spacial score (nSPS) is 14.8. The number of hydrogen-bond acceptors (Lipinski definition) is 4. The first-order chi connectivity index (χ1) is 15.9. The summed E-state index contributed by atoms with van der Waals surface area (Å²) in [6, 6.07) is 40.8. The van der Waals surface area contributed by atoms with Crippen LogP contribution in [0.15, 0.2) is 132 Å². The molecule has 0 unspecified atom stereocenters. The van der Waals surface area contributed by atoms with Gasteiger partial charge in [-0.25, -0.2) is 5.01 Å². The Kier molecular flexibility index (Phi) is 5.41. The Morgan fingerprint density at radius 3 is 1.69 bits per heavy atom. The Morgan fingerprint density at radius 1 is 0.625 bits per heavy atom. The van der Waals surface area contributed by atoms with E-state index < -0.39 is 0 Å². The second-order valence-corrected chi connectivity index (χ2v) is 7.33. The van der Waals surface area contributed by atoms with Gasteiger partial charge in [0.2, 0.25) is 0 Å². The molecule has 0 aliphatic carbocycles. The molecular formula is C28H23N3O. The van der Waals surface area contributed by atoms with E-state index in [1.54, 1.807) is 7.11 Å². The number of anilines is 2. The van der Waals surface area contributed by atoms with E-state index >= 15 is 0 Å². The predicted octanol–water partition coefficient (Wildman–Crippen LogP) is 6.35. The Morgan fingerprint density at radius 2 is 1.12 bits per heavy atom. The molecule has 1 aliphatic heterocycles. The van der Waals surface area contributed by atoms with Crippen molar-refractivity contribution in [2.75, 3.05) is 17.0 Å². The van der Waals surface area contributed by atoms with Crippen LogP contribution in [0, 0.1) is 0 Å². The molecule has 0 atom stereocenters. The highest BCUT2D eigenvalue weighted by Gasteiger charge is 2.36. The van der Waals surface area contributed by atoms with E-state index in [4.69, 9.17) is 9.84 Å². The van der Waals surface area contributed by atoms with Crippen molar-refractivity contribution in [3.63, 3.8) is 0 Å². The Bertz CT molecular complexity index is 1240. The highest BCUT2D eigenvalue weighted by atomic mass is 16.5. The summed E-state index contributed by atoms with van der Waals surface area (Å²) in [5, 5.41) is 7.06. The summed E-state index contributed by atoms with van der Waals surface area (Å²) in [7, 11) is 1.71. The van der Waals surface area contributed by atoms with Gasteiger partial charge in [-0.1, -0.05) is 97.1 Å². The maximum Gasteiger partial charge on any atom is 0.184 e. The van der Waals surface area contributed by atoms with Gasteiger partial charge < -0.3 is 4.74 Å². The molecule has 0 spiro atoms. The predicted molar refractivity (Wildman–Crippen MR) is 131 cm³/mol. The molecule has 4 aromatic carbocycles. The fraction of sp³-hybridized carbons (Fsp3) is 0.0357. The van der Waals surface area contributed by atoms with Crippen molar-refractivity contribution in [3.05, 3.63) is 138 Å². The van der Waals surface area contributed by atoms with Crippen molar-refractivity contribution >= 4 is 23.0 Å². The molecule has 0 bridgehead atoms. The number of hydrogen-bond donors (Lipinski definition) is 0. The molecule has 0 aromatic heterocycles. The third kappa shape index (κ3) is 3.63. The third-order valence-electron chi connectivity index (χ3n) is 5.31. The van der Waals surface area contributed by atoms with Gasteiger partial charge in [0.1, 0.15) is 0 Å². The van der Waals surface area contributed by atoms with E-state index in [2.05, 4.69) is 53.4 Å². The van der Waals surface area contributed by atoms with Crippen molar-refractivity contribution in [1.29, 1.82) is 0 Å². The molecule has 32 heavy (non-hydrogen) atoms. The van der Waals surface area contributed by atoms with Crippen LogP contribution < -0.4 is 9.91 Å². The van der Waals surface area contributed by atoms with Gasteiger partial charge in [-0.3, -0.25) is 4.90 Å². The van der Waals surface area contributed by atoms with E-state index in [0.29, 0.717) is 0 Å². The summed E-state index contributed by atoms with van der Waals surface area (Å²) in [6.07, 6.45) is 0. The van der Waals surface area contributed by atoms with Crippen LogP contribution in [0.3, 0.4) is 0 Å². The summed E-state index contributed by atoms with van der Waals surface area (Å²) < 4.78 is 6.03. The van der Waals surface area contributed by atoms with Crippen LogP contribution in [-0.4, -0.2) is 12.9 Å². The fourth-order valence-electron chi connectivity index (χ4n) is 3.85. The Balaban J connectivity index is 1.80. The molecular weight excluding hydrogens is 394 g/mol. The lowest BCUT2D eigenvalue weighted by Gasteiger charge is -2.27. The summed E-state index contributed by atoms with van der Waals surface area (Å²) >= 11 is 0. The molecule has 0 saturated heterocycles. The summed E-state index contributed by atoms with van der Waals surface area (Å²) in [4.78, 5) is 2.16. The van der Waals surface area contributed by atoms with Crippen LogP contribution >= 0.6 is 0 Å². The number of hydrazone groups is 1. The van der Waals surface area contributed by atoms with Crippen molar-refractivity contribution in [2.24, 2.45) is 5.10 Å². The lowest BCUT2D eigenvalue weighted by Crippen LogP contribution is -2.31. The van der Waals surface area contributed by atoms with Gasteiger partial charge in [0, 0.05) is 16.8 Å². The van der Waals surface area contributed by atoms with Gasteiger partial charge in [-0.2, -0.15) is 0 Å². The van der Waals surface area contributed by atoms with Gasteiger partial charge in [-0.15, -0.1) is 5.10 Å². The van der Waals surface area contributed by atoms with Crippen molar-refractivity contribution in [2.45, 2.75) is 0 Å². The highest BCUT2D eigenvalue weighted by molar-refractivity contribution is 6.16. The van der Waals surface area contributed by atoms with E-state index in [-0.39, 0.29) is 0 Å². The number of benzene rings is 4. The van der Waals surface area contributed by atoms with Gasteiger partial charge in [-0.05, 0) is 24.3 Å². The van der Waals surface area contributed by atoms with Gasteiger partial charge in [0.05, 0.1) is 12.8 Å². The quantitative estimate of drug-likeness (QED) is 0.354. The molecule has 0 fully saturated rings. The summed E-state index contributed by atoms with van der Waals surface area (Å²) in [5.41, 5.74) is 3.97. The zero-order valence-electron chi connectivity index (χ0n) is 17.8. The number of amidine groups is 1. The topological polar surface area (TPSA) is 28.1 Å². The van der Waals surface area contributed by atoms with E-state index in [1.807, 2.05) is 77.8 Å². The SMILES string of the molecule is CO/C(=C1\N(c2ccccc2)N=C(c2ccccc2)N1c1ccccc1)c1ccccc1. The maximum absolute atomic E-state index is 6.03. The molecule has 4 aromatic rings. The second-order valence-electron chi connectivity index (χ2n) is 7.33. The lowest BCUT2D eigenvalue weighted by molar-refractivity contribution is 0.365. The van der Waals surface area contributed by atoms with Crippen LogP contribution in [0.1, 0.15) is 11.1 Å². The van der Waals surface area contributed by atoms with Crippen LogP contribution in [0.4, 0.5) is 11.4 Å². The molecule has 156 valence electrons. The first-order valence-corrected chi connectivity index (χ1v) is 10.5. The minimum absolute atomic E-state index is 0.744. The largest absolute Gasteiger partial charge is 0.492 e. The van der Waals surface area contributed by atoms with E-state index in [9.17, 15) is 0 Å². The molecule has 0 saturated carbocycles. The van der Waals surface area contributed by atoms with Crippen LogP contribution in [0.2, 0.25) is 0 Å². The Hall–Kier alpha value is -4.31. The monoisotopic (exact) mass is 417 g/mol. The molecule has 0 amide bonds. The third-order valence-corrected chi connectivity index (χ3v) is 5.31. The minimum Gasteiger partial charge on any atom is -0.492 e. The molecule has 4 heteroatoms. The van der Waals surface area contributed by atoms with Gasteiger partial charge in [0.25, 0.3) is 0 Å². The number of para-hydroxylation sites is 2. The van der Waals surface area contributed by atoms with Crippen molar-refractivity contribution in [3.8, 4) is 0 Å². The van der Waals surface area contributed by atoms with Crippen molar-refractivity contribution < 1.29 is 4.74 Å².